The lowest BCUT2D eigenvalue weighted by Gasteiger charge is -2.31. The van der Waals surface area contributed by atoms with E-state index in [1.807, 2.05) is 61.7 Å². The van der Waals surface area contributed by atoms with Crippen molar-refractivity contribution in [2.24, 2.45) is 5.92 Å². The topological polar surface area (TPSA) is 80.5 Å². The molecule has 1 fully saturated rings. The molecule has 0 bridgehead atoms. The first-order valence-electron chi connectivity index (χ1n) is 12.6. The van der Waals surface area contributed by atoms with Gasteiger partial charge in [-0.2, -0.15) is 0 Å². The van der Waals surface area contributed by atoms with Crippen LogP contribution in [0.4, 0.5) is 9.80 Å². The molecule has 10 heteroatoms. The number of aliphatic hydroxyl groups is 1. The average molecular weight is 635 g/mol. The maximum absolute atomic E-state index is 15.8. The Morgan fingerprint density at radius 2 is 1.97 bits per heavy atom. The number of benzene rings is 2. The zero-order valence-electron chi connectivity index (χ0n) is 21.4. The average Bonchev–Trinajstić information content (AvgIpc) is 3.50. The second-order valence-corrected chi connectivity index (χ2v) is 15.7. The minimum absolute atomic E-state index is 0.0774. The number of hydrogen-bond donors (Lipinski definition) is 1. The van der Waals surface area contributed by atoms with Crippen molar-refractivity contribution >= 4 is 42.6 Å². The van der Waals surface area contributed by atoms with Gasteiger partial charge in [-0.1, -0.05) is 42.5 Å². The van der Waals surface area contributed by atoms with E-state index in [2.05, 4.69) is 32.9 Å². The number of halogens is 2. The Morgan fingerprint density at radius 1 is 1.24 bits per heavy atom. The van der Waals surface area contributed by atoms with E-state index in [9.17, 15) is 9.90 Å². The smallest absolute Gasteiger partial charge is 0.264 e. The van der Waals surface area contributed by atoms with Crippen LogP contribution in [0.15, 0.2) is 54.7 Å². The third-order valence-corrected chi connectivity index (χ3v) is 11.1. The lowest BCUT2D eigenvalue weighted by Crippen LogP contribution is -2.44. The first-order chi connectivity index (χ1) is 17.6. The highest BCUT2D eigenvalue weighted by molar-refractivity contribution is 14.1. The van der Waals surface area contributed by atoms with Crippen LogP contribution in [0.1, 0.15) is 36.1 Å². The first kappa shape index (κ1) is 26.5. The normalized spacial score (nSPS) is 26.2. The molecule has 1 N–H and O–H groups in total. The summed E-state index contributed by atoms with van der Waals surface area (Å²) in [5, 5.41) is 18.6. The molecule has 1 saturated heterocycles. The molecule has 196 valence electrons. The van der Waals surface area contributed by atoms with E-state index >= 15 is 4.11 Å². The summed E-state index contributed by atoms with van der Waals surface area (Å²) in [5.74, 6) is -0.697. The summed E-state index contributed by atoms with van der Waals surface area (Å²) in [5.41, 5.74) is 1.77. The summed E-state index contributed by atoms with van der Waals surface area (Å²) in [6.07, 6.45) is 1.91. The van der Waals surface area contributed by atoms with Gasteiger partial charge in [-0.15, -0.1) is 5.10 Å². The maximum Gasteiger partial charge on any atom is 0.264 e. The molecule has 2 aliphatic rings. The number of hydrogen-bond acceptors (Lipinski definition) is 5. The second-order valence-electron chi connectivity index (χ2n) is 10.6. The summed E-state index contributed by atoms with van der Waals surface area (Å²) in [4.78, 5) is 15.3. The van der Waals surface area contributed by atoms with E-state index in [-0.39, 0.29) is 29.9 Å². The molecule has 7 nitrogen and oxygen atoms in total. The number of amides is 1. The number of carbonyl (C=O) groups excluding carboxylic acids is 1. The Balaban J connectivity index is 1.42. The largest absolute Gasteiger partial charge is 0.395 e. The lowest BCUT2D eigenvalue weighted by atomic mass is 9.82. The van der Waals surface area contributed by atoms with Gasteiger partial charge in [-0.05, 0) is 65.9 Å². The minimum Gasteiger partial charge on any atom is -0.395 e. The molecule has 1 unspecified atom stereocenters. The summed E-state index contributed by atoms with van der Waals surface area (Å²) in [7, 11) is -1.44. The highest BCUT2D eigenvalue weighted by atomic mass is 127. The monoisotopic (exact) mass is 634 g/mol. The minimum atomic E-state index is -3.21. The van der Waals surface area contributed by atoms with Crippen LogP contribution in [0, 0.1) is 9.49 Å². The fourth-order valence-corrected chi connectivity index (χ4v) is 9.33. The van der Waals surface area contributed by atoms with E-state index in [4.69, 9.17) is 4.74 Å². The number of anilines is 1. The Morgan fingerprint density at radius 3 is 2.65 bits per heavy atom. The van der Waals surface area contributed by atoms with Crippen LogP contribution in [0.3, 0.4) is 0 Å². The number of likely N-dealkylation sites (N-methyl/N-ethyl adjacent to an activating group) is 1. The number of aromatic nitrogens is 3. The zero-order valence-corrected chi connectivity index (χ0v) is 24.6. The summed E-state index contributed by atoms with van der Waals surface area (Å²) < 4.78 is 25.3. The van der Waals surface area contributed by atoms with Gasteiger partial charge in [0, 0.05) is 40.4 Å². The Bertz CT molecular complexity index is 1300. The van der Waals surface area contributed by atoms with Gasteiger partial charge in [0.1, 0.15) is 0 Å². The van der Waals surface area contributed by atoms with Crippen LogP contribution in [0.5, 0.6) is 0 Å². The zero-order chi connectivity index (χ0) is 26.5. The molecule has 0 saturated carbocycles. The van der Waals surface area contributed by atoms with Gasteiger partial charge in [0.2, 0.25) is 8.41 Å². The van der Waals surface area contributed by atoms with Gasteiger partial charge in [0.25, 0.3) is 5.91 Å². The maximum atomic E-state index is 15.8. The van der Waals surface area contributed by atoms with Crippen molar-refractivity contribution in [1.29, 1.82) is 0 Å². The van der Waals surface area contributed by atoms with Crippen LogP contribution in [0.25, 0.3) is 0 Å². The Hall–Kier alpha value is -2.15. The number of rotatable bonds is 7. The van der Waals surface area contributed by atoms with Crippen molar-refractivity contribution < 1.29 is 18.7 Å². The van der Waals surface area contributed by atoms with Crippen LogP contribution >= 0.6 is 22.6 Å². The van der Waals surface area contributed by atoms with Crippen LogP contribution in [0.2, 0.25) is 18.6 Å². The Kier molecular flexibility index (Phi) is 7.05. The molecule has 5 rings (SSSR count). The van der Waals surface area contributed by atoms with Gasteiger partial charge in [-0.25, -0.2) is 0 Å². The quantitative estimate of drug-likeness (QED) is 0.229. The van der Waals surface area contributed by atoms with E-state index in [1.165, 1.54) is 0 Å². The van der Waals surface area contributed by atoms with Gasteiger partial charge >= 0.3 is 0 Å². The van der Waals surface area contributed by atoms with Crippen LogP contribution < -0.4 is 4.90 Å². The molecular weight excluding hydrogens is 602 g/mol. The van der Waals surface area contributed by atoms with Crippen molar-refractivity contribution in [2.45, 2.75) is 56.1 Å². The number of aryl methyl sites for hydroxylation is 1. The molecule has 0 radical (unpaired) electrons. The molecular formula is C27H32FIN4O3Si. The molecule has 3 heterocycles. The molecule has 5 atom stereocenters. The number of carbonyl (C=O) groups is 1. The first-order valence-corrected chi connectivity index (χ1v) is 16.6. The van der Waals surface area contributed by atoms with Gasteiger partial charge in [0.05, 0.1) is 30.0 Å². The summed E-state index contributed by atoms with van der Waals surface area (Å²) in [6, 6.07) is 15.6. The highest BCUT2D eigenvalue weighted by Gasteiger charge is 2.66. The van der Waals surface area contributed by atoms with Crippen LogP contribution in [-0.4, -0.2) is 54.2 Å². The van der Waals surface area contributed by atoms with Crippen molar-refractivity contribution in [3.8, 4) is 0 Å². The molecule has 1 aromatic heterocycles. The summed E-state index contributed by atoms with van der Waals surface area (Å²) in [6.45, 7) is 5.78. The second kappa shape index (κ2) is 9.86. The standard InChI is InChI=1S/C27H32FIN4O3Si/c1-17-25(37(3,4)28)24(36-27(17)21-14-19(29)10-11-23(21)32(2)26(27)35)12-13-33-15-22(30-31-33)20(16-34)18-8-6-5-7-9-18/h5-11,14-15,17,20,24-25,34H,12-13,16H2,1-4H3/t17-,20?,24+,25-,27+/m0/s1. The third kappa shape index (κ3) is 4.45. The fraction of sp³-hybridized carbons (Fsp3) is 0.444. The van der Waals surface area contributed by atoms with Crippen molar-refractivity contribution in [1.82, 2.24) is 15.0 Å². The third-order valence-electron chi connectivity index (χ3n) is 7.99. The SMILES string of the molecule is C[C@H]1[C@H]([Si](C)(C)F)[C@@H](CCn2cc(C(CO)c3ccccc3)nn2)O[C@]12C(=O)N(C)c1ccc(I)cc12. The molecule has 1 amide bonds. The van der Waals surface area contributed by atoms with E-state index in [0.717, 1.165) is 20.4 Å². The molecule has 2 aliphatic heterocycles. The van der Waals surface area contributed by atoms with Crippen molar-refractivity contribution in [3.05, 3.63) is 75.1 Å². The number of ether oxygens (including phenoxy) is 1. The molecule has 37 heavy (non-hydrogen) atoms. The number of fused-ring (bicyclic) bond motifs is 2. The molecule has 1 spiro atoms. The number of aliphatic hydroxyl groups excluding tert-OH is 1. The van der Waals surface area contributed by atoms with Gasteiger partial charge in [0.15, 0.2) is 5.60 Å². The molecule has 3 aromatic rings. The van der Waals surface area contributed by atoms with Crippen molar-refractivity contribution in [3.63, 3.8) is 0 Å². The van der Waals surface area contributed by atoms with E-state index < -0.39 is 20.1 Å². The molecule has 0 aliphatic carbocycles. The van der Waals surface area contributed by atoms with Gasteiger partial charge in [-0.3, -0.25) is 9.48 Å². The fourth-order valence-electron chi connectivity index (χ4n) is 6.29. The summed E-state index contributed by atoms with van der Waals surface area (Å²) >= 11 is 2.24. The molecule has 2 aromatic carbocycles. The number of nitrogens with zero attached hydrogens (tertiary/aromatic N) is 4. The van der Waals surface area contributed by atoms with E-state index in [1.54, 1.807) is 29.7 Å². The highest BCUT2D eigenvalue weighted by Crippen LogP contribution is 2.60. The predicted molar refractivity (Wildman–Crippen MR) is 151 cm³/mol. The van der Waals surface area contributed by atoms with E-state index in [0.29, 0.717) is 18.7 Å². The van der Waals surface area contributed by atoms with Gasteiger partial charge < -0.3 is 18.9 Å². The van der Waals surface area contributed by atoms with Crippen LogP contribution in [-0.2, 0) is 21.7 Å². The predicted octanol–water partition coefficient (Wildman–Crippen LogP) is 4.85. The van der Waals surface area contributed by atoms with Crippen molar-refractivity contribution in [2.75, 3.05) is 18.6 Å². The Labute approximate surface area is 231 Å². The lowest BCUT2D eigenvalue weighted by molar-refractivity contribution is -0.145.